The van der Waals surface area contributed by atoms with E-state index in [9.17, 15) is 22.3 Å². The first-order chi connectivity index (χ1) is 16.8. The second-order valence-corrected chi connectivity index (χ2v) is 10.3. The van der Waals surface area contributed by atoms with Crippen LogP contribution in [0.25, 0.3) is 22.3 Å². The van der Waals surface area contributed by atoms with Gasteiger partial charge in [-0.2, -0.15) is 0 Å². The summed E-state index contributed by atoms with van der Waals surface area (Å²) >= 11 is -2.65. The third-order valence-electron chi connectivity index (χ3n) is 6.71. The number of benzene rings is 2. The summed E-state index contributed by atoms with van der Waals surface area (Å²) in [6, 6.07) is 5.93. The van der Waals surface area contributed by atoms with Gasteiger partial charge in [0.25, 0.3) is 5.91 Å². The van der Waals surface area contributed by atoms with Crippen LogP contribution in [0.4, 0.5) is 14.5 Å². The fourth-order valence-corrected chi connectivity index (χ4v) is 4.62. The van der Waals surface area contributed by atoms with E-state index in [1.165, 1.54) is 19.2 Å². The van der Waals surface area contributed by atoms with Crippen molar-refractivity contribution in [3.63, 3.8) is 0 Å². The van der Waals surface area contributed by atoms with Crippen LogP contribution < -0.4 is 15.1 Å². The van der Waals surface area contributed by atoms with Gasteiger partial charge in [0.2, 0.25) is 0 Å². The van der Waals surface area contributed by atoms with Gasteiger partial charge in [0.1, 0.15) is 17.2 Å². The number of rotatable bonds is 6. The molecule has 1 aliphatic rings. The minimum Gasteiger partial charge on any atom is -0.755 e. The van der Waals surface area contributed by atoms with E-state index in [0.717, 1.165) is 10.4 Å². The van der Waals surface area contributed by atoms with E-state index in [0.29, 0.717) is 11.5 Å². The lowest BCUT2D eigenvalue weighted by Crippen LogP contribution is -2.41. The average Bonchev–Trinajstić information content (AvgIpc) is 3.25. The molecule has 1 saturated heterocycles. The quantitative estimate of drug-likeness (QED) is 0.394. The van der Waals surface area contributed by atoms with Crippen LogP contribution in [-0.4, -0.2) is 46.6 Å². The highest BCUT2D eigenvalue weighted by Crippen LogP contribution is 2.40. The molecule has 1 aliphatic heterocycles. The Morgan fingerprint density at radius 2 is 1.78 bits per heavy atom. The molecule has 36 heavy (non-hydrogen) atoms. The topological polar surface area (TPSA) is 104 Å². The maximum absolute atomic E-state index is 14.7. The van der Waals surface area contributed by atoms with Crippen molar-refractivity contribution in [2.45, 2.75) is 45.8 Å². The highest BCUT2D eigenvalue weighted by atomic mass is 32.2. The summed E-state index contributed by atoms with van der Waals surface area (Å²) in [5.41, 5.74) is -0.853. The summed E-state index contributed by atoms with van der Waals surface area (Å²) in [6.07, 6.45) is 0. The minimum absolute atomic E-state index is 0.00798. The van der Waals surface area contributed by atoms with E-state index in [1.807, 2.05) is 27.7 Å². The van der Waals surface area contributed by atoms with Gasteiger partial charge in [0.15, 0.2) is 5.76 Å². The molecule has 8 nitrogen and oxygen atoms in total. The number of furan rings is 1. The lowest BCUT2D eigenvalue weighted by Gasteiger charge is -2.32. The Hall–Kier alpha value is -2.80. The molecule has 12 heteroatoms. The monoisotopic (exact) mass is 519 g/mol. The molecule has 0 radical (unpaired) electrons. The number of hydrogen-bond donors (Lipinski definition) is 1. The van der Waals surface area contributed by atoms with Crippen LogP contribution in [0.3, 0.4) is 0 Å². The van der Waals surface area contributed by atoms with Crippen molar-refractivity contribution in [3.8, 4) is 11.3 Å². The summed E-state index contributed by atoms with van der Waals surface area (Å²) in [5, 5.41) is 2.80. The van der Waals surface area contributed by atoms with Crippen molar-refractivity contribution < 1.29 is 36.1 Å². The number of amides is 1. The van der Waals surface area contributed by atoms with Gasteiger partial charge in [0, 0.05) is 47.8 Å². The summed E-state index contributed by atoms with van der Waals surface area (Å²) in [4.78, 5) is 12.9. The maximum atomic E-state index is 14.7. The Kier molecular flexibility index (Phi) is 6.76. The van der Waals surface area contributed by atoms with Crippen LogP contribution in [0.2, 0.25) is 0 Å². The second kappa shape index (κ2) is 9.26. The molecule has 0 spiro atoms. The first-order valence-electron chi connectivity index (χ1n) is 11.3. The molecular formula is C24H26BF2N2O6S-. The molecule has 1 amide bonds. The van der Waals surface area contributed by atoms with E-state index in [-0.39, 0.29) is 40.1 Å². The molecule has 2 heterocycles. The van der Waals surface area contributed by atoms with Gasteiger partial charge in [-0.25, -0.2) is 8.78 Å². The van der Waals surface area contributed by atoms with E-state index in [1.54, 1.807) is 13.0 Å². The average molecular weight is 519 g/mol. The lowest BCUT2D eigenvalue weighted by molar-refractivity contribution is 0.00578. The number of nitrogens with zero attached hydrogens (tertiary/aromatic N) is 1. The number of nitrogens with one attached hydrogen (secondary N) is 1. The third kappa shape index (κ3) is 4.32. The van der Waals surface area contributed by atoms with Crippen molar-refractivity contribution in [1.82, 2.24) is 5.32 Å². The predicted octanol–water partition coefficient (Wildman–Crippen LogP) is 3.66. The molecule has 3 aromatic rings. The smallest absolute Gasteiger partial charge is 0.497 e. The number of carbonyl (C=O) groups is 1. The first-order valence-corrected chi connectivity index (χ1v) is 12.3. The van der Waals surface area contributed by atoms with Crippen LogP contribution in [-0.2, 0) is 20.6 Å². The van der Waals surface area contributed by atoms with Crippen molar-refractivity contribution in [3.05, 3.63) is 47.5 Å². The predicted molar refractivity (Wildman–Crippen MR) is 133 cm³/mol. The Bertz CT molecular complexity index is 1360. The van der Waals surface area contributed by atoms with Crippen molar-refractivity contribution in [1.29, 1.82) is 0 Å². The molecular weight excluding hydrogens is 493 g/mol. The molecule has 0 bridgehead atoms. The van der Waals surface area contributed by atoms with Gasteiger partial charge in [0.05, 0.1) is 28.0 Å². The normalized spacial score (nSPS) is 17.4. The fraction of sp³-hybridized carbons (Fsp3) is 0.375. The lowest BCUT2D eigenvalue weighted by atomic mass is 9.77. The summed E-state index contributed by atoms with van der Waals surface area (Å²) in [6.45, 7) is 9.19. The highest BCUT2D eigenvalue weighted by molar-refractivity contribution is 7.80. The number of halogens is 2. The van der Waals surface area contributed by atoms with Gasteiger partial charge in [-0.1, -0.05) is 0 Å². The van der Waals surface area contributed by atoms with Crippen LogP contribution in [0.5, 0.6) is 0 Å². The van der Waals surface area contributed by atoms with Gasteiger partial charge in [-0.15, -0.1) is 0 Å². The van der Waals surface area contributed by atoms with Gasteiger partial charge in [-0.3, -0.25) is 9.00 Å². The zero-order valence-corrected chi connectivity index (χ0v) is 21.5. The first kappa shape index (κ1) is 26.3. The number of carbonyl (C=O) groups excluding carboxylic acids is 1. The molecule has 1 aromatic heterocycles. The van der Waals surface area contributed by atoms with Gasteiger partial charge >= 0.3 is 7.12 Å². The fourth-order valence-electron chi connectivity index (χ4n) is 4.09. The highest BCUT2D eigenvalue weighted by Gasteiger charge is 2.52. The number of hydrogen-bond acceptors (Lipinski definition) is 6. The molecule has 2 aromatic carbocycles. The Morgan fingerprint density at radius 1 is 1.14 bits per heavy atom. The molecule has 1 fully saturated rings. The molecule has 0 saturated carbocycles. The molecule has 192 valence electrons. The SMILES string of the molecule is CCN(c1cc2oc(-c3ccc(F)cc3F)c(C(=O)NC)c2cc1B1OC(C)(C)C(C)(C)O1)S(=O)[O-]. The van der Waals surface area contributed by atoms with Gasteiger partial charge < -0.3 is 27.9 Å². The number of anilines is 1. The molecule has 1 atom stereocenters. The maximum Gasteiger partial charge on any atom is 0.497 e. The van der Waals surface area contributed by atoms with Crippen LogP contribution >= 0.6 is 0 Å². The van der Waals surface area contributed by atoms with Crippen molar-refractivity contribution >= 4 is 46.4 Å². The van der Waals surface area contributed by atoms with E-state index >= 15 is 0 Å². The molecule has 0 aliphatic carbocycles. The van der Waals surface area contributed by atoms with Crippen LogP contribution in [0.1, 0.15) is 45.0 Å². The Morgan fingerprint density at radius 3 is 2.31 bits per heavy atom. The zero-order valence-electron chi connectivity index (χ0n) is 20.7. The number of fused-ring (bicyclic) bond motifs is 1. The van der Waals surface area contributed by atoms with Crippen molar-refractivity contribution in [2.75, 3.05) is 17.9 Å². The molecule has 1 unspecified atom stereocenters. The molecule has 4 rings (SSSR count). The largest absolute Gasteiger partial charge is 0.755 e. The summed E-state index contributed by atoms with van der Waals surface area (Å²) < 4.78 is 71.8. The Balaban J connectivity index is 2.03. The van der Waals surface area contributed by atoms with Gasteiger partial charge in [-0.05, 0) is 52.8 Å². The van der Waals surface area contributed by atoms with E-state index in [4.69, 9.17) is 13.7 Å². The third-order valence-corrected chi connectivity index (χ3v) is 7.52. The minimum atomic E-state index is -2.65. The van der Waals surface area contributed by atoms with E-state index < -0.39 is 47.1 Å². The summed E-state index contributed by atoms with van der Waals surface area (Å²) in [5.74, 6) is -2.39. The molecule has 1 N–H and O–H groups in total. The second-order valence-electron chi connectivity index (χ2n) is 9.42. The van der Waals surface area contributed by atoms with E-state index in [2.05, 4.69) is 5.32 Å². The van der Waals surface area contributed by atoms with Crippen LogP contribution in [0, 0.1) is 11.6 Å². The summed E-state index contributed by atoms with van der Waals surface area (Å²) in [7, 11) is 0.444. The van der Waals surface area contributed by atoms with Crippen molar-refractivity contribution in [2.24, 2.45) is 0 Å². The van der Waals surface area contributed by atoms with Crippen LogP contribution in [0.15, 0.2) is 34.7 Å². The Labute approximate surface area is 210 Å². The zero-order chi connectivity index (χ0) is 26.6. The standard InChI is InChI=1S/C24H27BF2N2O6S/c1-7-29(36(31)32)18-12-19-15(11-16(18)25-34-23(2,3)24(4,5)35-25)20(22(30)28-6)21(33-19)14-9-8-13(26)10-17(14)27/h8-12H,7H2,1-6H3,(H,28,30)(H,31,32)/p-1.